The van der Waals surface area contributed by atoms with Gasteiger partial charge in [0.2, 0.25) is 5.91 Å². The van der Waals surface area contributed by atoms with Crippen molar-refractivity contribution in [1.29, 1.82) is 0 Å². The van der Waals surface area contributed by atoms with Gasteiger partial charge in [-0.15, -0.1) is 0 Å². The van der Waals surface area contributed by atoms with Crippen LogP contribution in [0.25, 0.3) is 22.8 Å². The number of hydrogen-bond acceptors (Lipinski definition) is 6. The lowest BCUT2D eigenvalue weighted by Gasteiger charge is -2.17. The normalized spacial score (nSPS) is 12.1. The second kappa shape index (κ2) is 12.4. The Morgan fingerprint density at radius 3 is 2.38 bits per heavy atom. The number of amides is 1. The second-order valence-corrected chi connectivity index (χ2v) is 8.71. The highest BCUT2D eigenvalue weighted by atomic mass is 19.4. The molecule has 0 unspecified atom stereocenters. The van der Waals surface area contributed by atoms with Crippen LogP contribution in [0.15, 0.2) is 41.3 Å². The maximum absolute atomic E-state index is 15.4. The first kappa shape index (κ1) is 30.5. The van der Waals surface area contributed by atoms with Crippen molar-refractivity contribution < 1.29 is 45.0 Å². The number of carbonyl (C=O) groups excluding carboxylic acids is 1. The van der Waals surface area contributed by atoms with Gasteiger partial charge in [0.15, 0.2) is 0 Å². The maximum Gasteiger partial charge on any atom is 0.417 e. The molecule has 0 aliphatic heterocycles. The number of benzene rings is 1. The van der Waals surface area contributed by atoms with Crippen molar-refractivity contribution in [3.8, 4) is 28.5 Å². The van der Waals surface area contributed by atoms with Gasteiger partial charge in [0.05, 0.1) is 35.3 Å². The Kier molecular flexibility index (Phi) is 9.50. The fourth-order valence-electron chi connectivity index (χ4n) is 3.34. The SMILES string of the molecule is CC(C)C(=O)NCc1ccc(C(F)(F)F)c(-c2nc(-c3ccc(OCCOCC(F)(F)F)cn3)cc(=O)[nH]2)c1F. The van der Waals surface area contributed by atoms with E-state index in [-0.39, 0.29) is 35.9 Å². The van der Waals surface area contributed by atoms with Crippen molar-refractivity contribution >= 4 is 5.91 Å². The lowest BCUT2D eigenvalue weighted by atomic mass is 10.0. The summed E-state index contributed by atoms with van der Waals surface area (Å²) in [7, 11) is 0. The number of pyridine rings is 1. The predicted octanol–water partition coefficient (Wildman–Crippen LogP) is 4.89. The number of aromatic nitrogens is 3. The Labute approximate surface area is 222 Å². The van der Waals surface area contributed by atoms with Crippen LogP contribution in [0, 0.1) is 11.7 Å². The zero-order valence-electron chi connectivity index (χ0n) is 21.0. The van der Waals surface area contributed by atoms with Crippen molar-refractivity contribution in [2.24, 2.45) is 5.92 Å². The third-order valence-corrected chi connectivity index (χ3v) is 5.24. The first-order valence-corrected chi connectivity index (χ1v) is 11.7. The Hall–Kier alpha value is -4.01. The van der Waals surface area contributed by atoms with E-state index in [0.29, 0.717) is 6.07 Å². The molecule has 0 atom stereocenters. The van der Waals surface area contributed by atoms with E-state index < -0.39 is 65.7 Å². The molecule has 2 heterocycles. The Morgan fingerprint density at radius 1 is 1.05 bits per heavy atom. The number of aromatic amines is 1. The summed E-state index contributed by atoms with van der Waals surface area (Å²) >= 11 is 0. The molecular formula is C25H23F7N4O4. The molecule has 0 aliphatic rings. The molecule has 1 aromatic carbocycles. The van der Waals surface area contributed by atoms with Crippen LogP contribution in [0.2, 0.25) is 0 Å². The van der Waals surface area contributed by atoms with E-state index in [1.54, 1.807) is 13.8 Å². The van der Waals surface area contributed by atoms with E-state index in [0.717, 1.165) is 18.3 Å². The molecular weight excluding hydrogens is 553 g/mol. The number of ether oxygens (including phenoxy) is 2. The molecule has 3 rings (SSSR count). The molecule has 2 N–H and O–H groups in total. The molecule has 0 fully saturated rings. The molecule has 0 bridgehead atoms. The topological polar surface area (TPSA) is 106 Å². The van der Waals surface area contributed by atoms with Gasteiger partial charge in [0.25, 0.3) is 5.56 Å². The van der Waals surface area contributed by atoms with E-state index in [4.69, 9.17) is 4.74 Å². The molecule has 0 saturated carbocycles. The minimum Gasteiger partial charge on any atom is -0.490 e. The summed E-state index contributed by atoms with van der Waals surface area (Å²) < 4.78 is 103. The molecule has 1 amide bonds. The van der Waals surface area contributed by atoms with Crippen LogP contribution >= 0.6 is 0 Å². The van der Waals surface area contributed by atoms with Crippen LogP contribution < -0.4 is 15.6 Å². The largest absolute Gasteiger partial charge is 0.490 e. The van der Waals surface area contributed by atoms with Crippen molar-refractivity contribution in [2.45, 2.75) is 32.7 Å². The fraction of sp³-hybridized carbons (Fsp3) is 0.360. The molecule has 40 heavy (non-hydrogen) atoms. The highest BCUT2D eigenvalue weighted by molar-refractivity contribution is 5.78. The molecule has 8 nitrogen and oxygen atoms in total. The average molecular weight is 576 g/mol. The lowest BCUT2D eigenvalue weighted by molar-refractivity contribution is -0.175. The minimum atomic E-state index is -5.01. The molecule has 15 heteroatoms. The minimum absolute atomic E-state index is 0.0161. The smallest absolute Gasteiger partial charge is 0.417 e. The average Bonchev–Trinajstić information content (AvgIpc) is 2.86. The van der Waals surface area contributed by atoms with E-state index in [1.165, 1.54) is 12.1 Å². The molecule has 0 spiro atoms. The van der Waals surface area contributed by atoms with Crippen LogP contribution in [-0.4, -0.2) is 46.9 Å². The number of nitrogens with zero attached hydrogens (tertiary/aromatic N) is 2. The van der Waals surface area contributed by atoms with E-state index >= 15 is 4.39 Å². The summed E-state index contributed by atoms with van der Waals surface area (Å²) in [5.74, 6) is -2.80. The molecule has 216 valence electrons. The Balaban J connectivity index is 1.90. The molecule has 3 aromatic rings. The summed E-state index contributed by atoms with van der Waals surface area (Å²) in [6, 6.07) is 5.10. The van der Waals surface area contributed by atoms with Crippen LogP contribution in [0.5, 0.6) is 5.75 Å². The van der Waals surface area contributed by atoms with Gasteiger partial charge in [0, 0.05) is 24.1 Å². The number of halogens is 7. The number of alkyl halides is 6. The summed E-state index contributed by atoms with van der Waals surface area (Å²) in [4.78, 5) is 34.3. The van der Waals surface area contributed by atoms with Gasteiger partial charge in [-0.1, -0.05) is 19.9 Å². The first-order valence-electron chi connectivity index (χ1n) is 11.7. The number of H-pyrrole nitrogens is 1. The second-order valence-electron chi connectivity index (χ2n) is 8.71. The van der Waals surface area contributed by atoms with E-state index in [2.05, 4.69) is 25.0 Å². The Morgan fingerprint density at radius 2 is 1.77 bits per heavy atom. The van der Waals surface area contributed by atoms with E-state index in [1.807, 2.05) is 0 Å². The highest BCUT2D eigenvalue weighted by Gasteiger charge is 2.37. The van der Waals surface area contributed by atoms with Crippen molar-refractivity contribution in [3.05, 3.63) is 63.8 Å². The third-order valence-electron chi connectivity index (χ3n) is 5.24. The zero-order chi connectivity index (χ0) is 29.7. The molecule has 2 aromatic heterocycles. The summed E-state index contributed by atoms with van der Waals surface area (Å²) in [5, 5.41) is 2.43. The standard InChI is InChI=1S/C25H23F7N4O4/c1-13(2)23(38)34-10-14-3-5-16(25(30,31)32)20(21(14)26)22-35-18(9-19(37)36-22)17-6-4-15(11-33-17)40-8-7-39-12-24(27,28)29/h3-6,9,11,13H,7-8,10,12H2,1-2H3,(H,34,38)(H,35,36,37). The van der Waals surface area contributed by atoms with Gasteiger partial charge in [-0.3, -0.25) is 14.6 Å². The van der Waals surface area contributed by atoms with Crippen LogP contribution in [0.1, 0.15) is 25.0 Å². The highest BCUT2D eigenvalue weighted by Crippen LogP contribution is 2.38. The molecule has 0 radical (unpaired) electrons. The van der Waals surface area contributed by atoms with E-state index in [9.17, 15) is 35.9 Å². The molecule has 0 aliphatic carbocycles. The van der Waals surface area contributed by atoms with Crippen LogP contribution in [0.3, 0.4) is 0 Å². The van der Waals surface area contributed by atoms with Crippen molar-refractivity contribution in [3.63, 3.8) is 0 Å². The summed E-state index contributed by atoms with van der Waals surface area (Å²) in [6.45, 7) is 0.761. The van der Waals surface area contributed by atoms with Crippen molar-refractivity contribution in [1.82, 2.24) is 20.3 Å². The maximum atomic E-state index is 15.4. The monoisotopic (exact) mass is 576 g/mol. The quantitative estimate of drug-likeness (QED) is 0.263. The number of carbonyl (C=O) groups is 1. The first-order chi connectivity index (χ1) is 18.7. The zero-order valence-corrected chi connectivity index (χ0v) is 21.0. The summed E-state index contributed by atoms with van der Waals surface area (Å²) in [6.07, 6.45) is -8.33. The van der Waals surface area contributed by atoms with Gasteiger partial charge >= 0.3 is 12.4 Å². The summed E-state index contributed by atoms with van der Waals surface area (Å²) in [5.41, 5.74) is -3.73. The van der Waals surface area contributed by atoms with Crippen LogP contribution in [-0.2, 0) is 22.3 Å². The predicted molar refractivity (Wildman–Crippen MR) is 128 cm³/mol. The lowest BCUT2D eigenvalue weighted by Crippen LogP contribution is -2.27. The van der Waals surface area contributed by atoms with Crippen LogP contribution in [0.4, 0.5) is 30.7 Å². The third kappa shape index (κ3) is 8.24. The Bertz CT molecular complexity index is 1390. The van der Waals surface area contributed by atoms with Gasteiger partial charge < -0.3 is 19.8 Å². The van der Waals surface area contributed by atoms with Gasteiger partial charge in [0.1, 0.15) is 30.6 Å². The van der Waals surface area contributed by atoms with Gasteiger partial charge in [-0.25, -0.2) is 9.37 Å². The molecule has 0 saturated heterocycles. The number of rotatable bonds is 10. The van der Waals surface area contributed by atoms with Gasteiger partial charge in [-0.2, -0.15) is 26.3 Å². The van der Waals surface area contributed by atoms with Crippen molar-refractivity contribution in [2.75, 3.05) is 19.8 Å². The number of nitrogens with one attached hydrogen (secondary N) is 2. The number of hydrogen-bond donors (Lipinski definition) is 2. The fourth-order valence-corrected chi connectivity index (χ4v) is 3.34. The van der Waals surface area contributed by atoms with Gasteiger partial charge in [-0.05, 0) is 18.2 Å².